The van der Waals surface area contributed by atoms with Crippen molar-refractivity contribution in [2.75, 3.05) is 0 Å². The van der Waals surface area contributed by atoms with Crippen molar-refractivity contribution in [2.45, 2.75) is 13.8 Å². The smallest absolute Gasteiger partial charge is 0.370 e. The molecule has 0 aromatic rings. The Bertz CT molecular complexity index is 146. The van der Waals surface area contributed by atoms with Crippen LogP contribution in [0.25, 0.3) is 0 Å². The third kappa shape index (κ3) is 18.6. The summed E-state index contributed by atoms with van der Waals surface area (Å²) in [7, 11) is -4.29. The van der Waals surface area contributed by atoms with Gasteiger partial charge in [0, 0.05) is 0 Å². The fourth-order valence-corrected chi connectivity index (χ4v) is 0.258. The normalized spacial score (nSPS) is 8.78. The Labute approximate surface area is 55.1 Å². The fraction of sp³-hybridized carbons (Fsp3) is 0.500. The summed E-state index contributed by atoms with van der Waals surface area (Å²) in [4.78, 5) is 0. The maximum Gasteiger partial charge on any atom is 0.445 e. The van der Waals surface area contributed by atoms with Gasteiger partial charge in [-0.05, 0) is 0 Å². The Kier molecular flexibility index (Phi) is 6.99. The van der Waals surface area contributed by atoms with Crippen molar-refractivity contribution in [2.24, 2.45) is 0 Å². The first kappa shape index (κ1) is 11.3. The molecule has 0 fully saturated rings. The first-order valence-electron chi connectivity index (χ1n) is 2.33. The molecule has 1 N–H and O–H groups in total. The molecule has 56 valence electrons. The molecule has 0 aliphatic rings. The Balaban J connectivity index is 0. The first-order chi connectivity index (χ1) is 4.06. The van der Waals surface area contributed by atoms with Crippen LogP contribution in [0.15, 0.2) is 12.8 Å². The number of hydrogen-bond donors (Lipinski definition) is 1. The SMILES string of the molecule is C=COS(=O)(=O)O.CC. The summed E-state index contributed by atoms with van der Waals surface area (Å²) in [5.74, 6) is 0. The summed E-state index contributed by atoms with van der Waals surface area (Å²) in [6.07, 6.45) is 0.620. The van der Waals surface area contributed by atoms with Crippen molar-refractivity contribution >= 4 is 10.4 Å². The Morgan fingerprint density at radius 2 is 1.89 bits per heavy atom. The molecule has 4 nitrogen and oxygen atoms in total. The molecular weight excluding hydrogens is 144 g/mol. The molecule has 0 unspecified atom stereocenters. The van der Waals surface area contributed by atoms with Crippen molar-refractivity contribution in [1.82, 2.24) is 0 Å². The molecule has 0 amide bonds. The van der Waals surface area contributed by atoms with E-state index in [2.05, 4.69) is 10.8 Å². The van der Waals surface area contributed by atoms with E-state index in [9.17, 15) is 8.42 Å². The minimum atomic E-state index is -4.29. The molecule has 5 heteroatoms. The summed E-state index contributed by atoms with van der Waals surface area (Å²) in [5.41, 5.74) is 0. The van der Waals surface area contributed by atoms with Gasteiger partial charge in [0.2, 0.25) is 0 Å². The van der Waals surface area contributed by atoms with Crippen LogP contribution < -0.4 is 0 Å². The van der Waals surface area contributed by atoms with Crippen molar-refractivity contribution in [3.05, 3.63) is 12.8 Å². The number of rotatable bonds is 2. The van der Waals surface area contributed by atoms with Gasteiger partial charge in [-0.3, -0.25) is 4.55 Å². The van der Waals surface area contributed by atoms with Crippen molar-refractivity contribution < 1.29 is 17.2 Å². The van der Waals surface area contributed by atoms with Crippen LogP contribution in [0.3, 0.4) is 0 Å². The zero-order valence-corrected chi connectivity index (χ0v) is 6.18. The quantitative estimate of drug-likeness (QED) is 0.475. The molecule has 0 aromatic heterocycles. The highest BCUT2D eigenvalue weighted by Gasteiger charge is 1.96. The van der Waals surface area contributed by atoms with Gasteiger partial charge < -0.3 is 4.18 Å². The second kappa shape index (κ2) is 5.58. The van der Waals surface area contributed by atoms with E-state index in [1.165, 1.54) is 0 Å². The molecule has 0 saturated carbocycles. The van der Waals surface area contributed by atoms with E-state index in [0.717, 1.165) is 0 Å². The summed E-state index contributed by atoms with van der Waals surface area (Å²) in [5, 5.41) is 0. The lowest BCUT2D eigenvalue weighted by Crippen LogP contribution is -1.96. The van der Waals surface area contributed by atoms with Crippen LogP contribution in [0.4, 0.5) is 0 Å². The molecule has 9 heavy (non-hydrogen) atoms. The van der Waals surface area contributed by atoms with Gasteiger partial charge in [-0.15, -0.1) is 0 Å². The lowest BCUT2D eigenvalue weighted by molar-refractivity contribution is 0.357. The van der Waals surface area contributed by atoms with E-state index in [1.54, 1.807) is 0 Å². The predicted molar refractivity (Wildman–Crippen MR) is 34.2 cm³/mol. The summed E-state index contributed by atoms with van der Waals surface area (Å²) in [6, 6.07) is 0. The maximum absolute atomic E-state index is 9.49. The van der Waals surface area contributed by atoms with Gasteiger partial charge in [-0.1, -0.05) is 20.4 Å². The van der Waals surface area contributed by atoms with Crippen LogP contribution in [-0.4, -0.2) is 13.0 Å². The van der Waals surface area contributed by atoms with Gasteiger partial charge in [0.25, 0.3) is 0 Å². The van der Waals surface area contributed by atoms with E-state index in [0.29, 0.717) is 6.26 Å². The maximum atomic E-state index is 9.49. The third-order valence-electron chi connectivity index (χ3n) is 0.190. The lowest BCUT2D eigenvalue weighted by atomic mass is 11.0. The average molecular weight is 154 g/mol. The van der Waals surface area contributed by atoms with E-state index in [1.807, 2.05) is 13.8 Å². The van der Waals surface area contributed by atoms with Crippen LogP contribution in [0, 0.1) is 0 Å². The van der Waals surface area contributed by atoms with Crippen LogP contribution >= 0.6 is 0 Å². The van der Waals surface area contributed by atoms with E-state index >= 15 is 0 Å². The van der Waals surface area contributed by atoms with Crippen molar-refractivity contribution in [3.63, 3.8) is 0 Å². The predicted octanol–water partition coefficient (Wildman–Crippen LogP) is 0.976. The lowest BCUT2D eigenvalue weighted by Gasteiger charge is -1.86. The molecule has 0 spiro atoms. The summed E-state index contributed by atoms with van der Waals surface area (Å²) >= 11 is 0. The molecule has 0 rings (SSSR count). The zero-order chi connectivity index (χ0) is 7.91. The molecule has 0 aliphatic heterocycles. The monoisotopic (exact) mass is 154 g/mol. The van der Waals surface area contributed by atoms with Gasteiger partial charge >= 0.3 is 10.4 Å². The third-order valence-corrected chi connectivity index (χ3v) is 0.569. The Morgan fingerprint density at radius 1 is 1.56 bits per heavy atom. The van der Waals surface area contributed by atoms with Crippen LogP contribution in [0.2, 0.25) is 0 Å². The van der Waals surface area contributed by atoms with Gasteiger partial charge in [0.15, 0.2) is 0 Å². The summed E-state index contributed by atoms with van der Waals surface area (Å²) in [6.45, 7) is 6.88. The molecule has 0 saturated heterocycles. The molecule has 0 aromatic carbocycles. The van der Waals surface area contributed by atoms with Crippen molar-refractivity contribution in [1.29, 1.82) is 0 Å². The largest absolute Gasteiger partial charge is 0.445 e. The van der Waals surface area contributed by atoms with Gasteiger partial charge in [0.1, 0.15) is 6.26 Å². The standard InChI is InChI=1S/C2H4O4S.C2H6/c1-2-6-7(3,4)5;1-2/h2H,1H2,(H,3,4,5);1-2H3. The van der Waals surface area contributed by atoms with E-state index < -0.39 is 10.4 Å². The Hall–Kier alpha value is -0.550. The highest BCUT2D eigenvalue weighted by molar-refractivity contribution is 7.81. The van der Waals surface area contributed by atoms with Crippen LogP contribution in [0.1, 0.15) is 13.8 Å². The number of hydrogen-bond acceptors (Lipinski definition) is 3. The van der Waals surface area contributed by atoms with E-state index in [-0.39, 0.29) is 0 Å². The van der Waals surface area contributed by atoms with E-state index in [4.69, 9.17) is 4.55 Å². The second-order valence-corrected chi connectivity index (χ2v) is 1.74. The molecule has 0 atom stereocenters. The highest BCUT2D eigenvalue weighted by atomic mass is 32.3. The Morgan fingerprint density at radius 3 is 1.89 bits per heavy atom. The highest BCUT2D eigenvalue weighted by Crippen LogP contribution is 1.82. The van der Waals surface area contributed by atoms with Crippen LogP contribution in [-0.2, 0) is 14.6 Å². The van der Waals surface area contributed by atoms with Gasteiger partial charge in [-0.25, -0.2) is 0 Å². The minimum Gasteiger partial charge on any atom is -0.370 e. The van der Waals surface area contributed by atoms with Crippen molar-refractivity contribution in [3.8, 4) is 0 Å². The molecule has 0 aliphatic carbocycles. The zero-order valence-electron chi connectivity index (χ0n) is 5.36. The second-order valence-electron chi connectivity index (χ2n) is 0.691. The molecule has 0 heterocycles. The fourth-order valence-electron chi connectivity index (χ4n) is 0.0860. The molecule has 0 bridgehead atoms. The first-order valence-corrected chi connectivity index (χ1v) is 3.69. The van der Waals surface area contributed by atoms with Gasteiger partial charge in [0.05, 0.1) is 0 Å². The van der Waals surface area contributed by atoms with Crippen LogP contribution in [0.5, 0.6) is 0 Å². The summed E-state index contributed by atoms with van der Waals surface area (Å²) < 4.78 is 30.2. The molecule has 0 radical (unpaired) electrons. The van der Waals surface area contributed by atoms with Gasteiger partial charge in [-0.2, -0.15) is 8.42 Å². The minimum absolute atomic E-state index is 0.620. The molecular formula is C4H10O4S. The average Bonchev–Trinajstić information content (AvgIpc) is 1.69. The topological polar surface area (TPSA) is 63.6 Å².